The summed E-state index contributed by atoms with van der Waals surface area (Å²) in [6, 6.07) is 6.83. The first-order valence-electron chi connectivity index (χ1n) is 5.56. The number of nitrogens with zero attached hydrogens (tertiary/aromatic N) is 1. The van der Waals surface area contributed by atoms with Crippen molar-refractivity contribution in [2.75, 3.05) is 18.1 Å². The van der Waals surface area contributed by atoms with Crippen LogP contribution in [-0.2, 0) is 4.79 Å². The molecule has 2 atom stereocenters. The van der Waals surface area contributed by atoms with E-state index in [0.29, 0.717) is 11.6 Å². The minimum absolute atomic E-state index is 0.0431. The van der Waals surface area contributed by atoms with Crippen LogP contribution in [0, 0.1) is 0 Å². The van der Waals surface area contributed by atoms with Crippen LogP contribution in [0.1, 0.15) is 6.92 Å². The number of para-hydroxylation sites is 1. The van der Waals surface area contributed by atoms with Crippen LogP contribution in [0.3, 0.4) is 0 Å². The first-order chi connectivity index (χ1) is 8.13. The zero-order chi connectivity index (χ0) is 12.4. The summed E-state index contributed by atoms with van der Waals surface area (Å²) in [4.78, 5) is 13.6. The zero-order valence-corrected chi connectivity index (χ0v) is 10.3. The predicted octanol–water partition coefficient (Wildman–Crippen LogP) is 1.03. The van der Waals surface area contributed by atoms with Crippen LogP contribution >= 0.6 is 11.6 Å². The van der Waals surface area contributed by atoms with Gasteiger partial charge in [0.2, 0.25) is 5.91 Å². The van der Waals surface area contributed by atoms with Gasteiger partial charge in [-0.1, -0.05) is 23.7 Å². The maximum Gasteiger partial charge on any atom is 0.245 e. The lowest BCUT2D eigenvalue weighted by Crippen LogP contribution is -2.60. The number of hydrogen-bond acceptors (Lipinski definition) is 3. The Bertz CT molecular complexity index is 425. The first-order valence-corrected chi connectivity index (χ1v) is 5.93. The van der Waals surface area contributed by atoms with Gasteiger partial charge >= 0.3 is 0 Å². The summed E-state index contributed by atoms with van der Waals surface area (Å²) < 4.78 is 0. The molecule has 2 unspecified atom stereocenters. The number of nitrogens with one attached hydrogen (secondary N) is 1. The highest BCUT2D eigenvalue weighted by Gasteiger charge is 2.33. The van der Waals surface area contributed by atoms with Crippen molar-refractivity contribution in [3.63, 3.8) is 0 Å². The zero-order valence-electron chi connectivity index (χ0n) is 9.56. The second-order valence-electron chi connectivity index (χ2n) is 4.21. The summed E-state index contributed by atoms with van der Waals surface area (Å²) in [6.45, 7) is 2.35. The largest absolute Gasteiger partial charge is 0.394 e. The lowest BCUT2D eigenvalue weighted by molar-refractivity contribution is -0.125. The first kappa shape index (κ1) is 12.2. The van der Waals surface area contributed by atoms with E-state index in [2.05, 4.69) is 5.32 Å². The van der Waals surface area contributed by atoms with Crippen molar-refractivity contribution in [2.24, 2.45) is 0 Å². The average molecular weight is 255 g/mol. The summed E-state index contributed by atoms with van der Waals surface area (Å²) in [5.41, 5.74) is 0.787. The Morgan fingerprint density at radius 3 is 2.88 bits per heavy atom. The Balaban J connectivity index is 2.34. The van der Waals surface area contributed by atoms with E-state index < -0.39 is 6.04 Å². The summed E-state index contributed by atoms with van der Waals surface area (Å²) >= 11 is 6.12. The lowest BCUT2D eigenvalue weighted by atomic mass is 10.1. The van der Waals surface area contributed by atoms with E-state index in [-0.39, 0.29) is 18.6 Å². The van der Waals surface area contributed by atoms with Crippen molar-refractivity contribution >= 4 is 23.2 Å². The fraction of sp³-hybridized carbons (Fsp3) is 0.417. The molecule has 1 aliphatic heterocycles. The molecule has 0 saturated carbocycles. The second kappa shape index (κ2) is 4.94. The van der Waals surface area contributed by atoms with Gasteiger partial charge in [0.25, 0.3) is 0 Å². The van der Waals surface area contributed by atoms with E-state index in [4.69, 9.17) is 11.6 Å². The van der Waals surface area contributed by atoms with Crippen LogP contribution in [0.2, 0.25) is 5.02 Å². The molecule has 0 bridgehead atoms. The van der Waals surface area contributed by atoms with E-state index in [0.717, 1.165) is 5.69 Å². The van der Waals surface area contributed by atoms with Gasteiger partial charge < -0.3 is 15.3 Å². The number of carbonyl (C=O) groups is 1. The summed E-state index contributed by atoms with van der Waals surface area (Å²) in [5.74, 6) is -0.161. The molecular weight excluding hydrogens is 240 g/mol. The fourth-order valence-corrected chi connectivity index (χ4v) is 2.33. The van der Waals surface area contributed by atoms with Gasteiger partial charge in [0.05, 0.1) is 17.3 Å². The number of carbonyl (C=O) groups excluding carboxylic acids is 1. The molecular formula is C12H15ClN2O2. The Labute approximate surface area is 105 Å². The lowest BCUT2D eigenvalue weighted by Gasteiger charge is -2.39. The third-order valence-corrected chi connectivity index (χ3v) is 3.19. The number of piperazine rings is 1. The smallest absolute Gasteiger partial charge is 0.245 e. The van der Waals surface area contributed by atoms with Gasteiger partial charge in [-0.2, -0.15) is 0 Å². The van der Waals surface area contributed by atoms with Crippen molar-refractivity contribution in [2.45, 2.75) is 19.0 Å². The number of anilines is 1. The molecule has 1 aromatic carbocycles. The monoisotopic (exact) mass is 254 g/mol. The normalized spacial score (nSPS) is 24.6. The average Bonchev–Trinajstić information content (AvgIpc) is 2.28. The van der Waals surface area contributed by atoms with Gasteiger partial charge in [-0.3, -0.25) is 4.79 Å². The maximum atomic E-state index is 11.8. The molecule has 1 fully saturated rings. The highest BCUT2D eigenvalue weighted by molar-refractivity contribution is 6.33. The van der Waals surface area contributed by atoms with Crippen LogP contribution in [-0.4, -0.2) is 36.2 Å². The van der Waals surface area contributed by atoms with Crippen LogP contribution in [0.4, 0.5) is 5.69 Å². The summed E-state index contributed by atoms with van der Waals surface area (Å²) in [7, 11) is 0. The molecule has 17 heavy (non-hydrogen) atoms. The summed E-state index contributed by atoms with van der Waals surface area (Å²) in [5, 5.41) is 12.7. The molecule has 0 aliphatic carbocycles. The van der Waals surface area contributed by atoms with E-state index in [1.807, 2.05) is 30.0 Å². The number of benzene rings is 1. The van der Waals surface area contributed by atoms with Gasteiger partial charge in [0, 0.05) is 12.6 Å². The van der Waals surface area contributed by atoms with Crippen molar-refractivity contribution in [1.29, 1.82) is 0 Å². The fourth-order valence-electron chi connectivity index (χ4n) is 2.08. The molecule has 0 radical (unpaired) electrons. The molecule has 4 nitrogen and oxygen atoms in total. The number of hydrogen-bond donors (Lipinski definition) is 2. The molecule has 2 N–H and O–H groups in total. The standard InChI is InChI=1S/C12H15ClN2O2/c1-8-6-15(11(7-16)12(17)14-8)10-5-3-2-4-9(10)13/h2-5,8,11,16H,6-7H2,1H3,(H,14,17). The number of aliphatic hydroxyl groups excluding tert-OH is 1. The Morgan fingerprint density at radius 2 is 2.24 bits per heavy atom. The Morgan fingerprint density at radius 1 is 1.53 bits per heavy atom. The van der Waals surface area contributed by atoms with E-state index in [1.165, 1.54) is 0 Å². The minimum Gasteiger partial charge on any atom is -0.394 e. The Kier molecular flexibility index (Phi) is 3.54. The van der Waals surface area contributed by atoms with Crippen molar-refractivity contribution < 1.29 is 9.90 Å². The number of halogens is 1. The molecule has 5 heteroatoms. The minimum atomic E-state index is -0.564. The van der Waals surface area contributed by atoms with Crippen LogP contribution in [0.25, 0.3) is 0 Å². The van der Waals surface area contributed by atoms with E-state index in [1.54, 1.807) is 6.07 Å². The SMILES string of the molecule is CC1CN(c2ccccc2Cl)C(CO)C(=O)N1. The van der Waals surface area contributed by atoms with Crippen molar-refractivity contribution in [3.8, 4) is 0 Å². The quantitative estimate of drug-likeness (QED) is 0.829. The van der Waals surface area contributed by atoms with Gasteiger partial charge in [-0.05, 0) is 19.1 Å². The number of amides is 1. The highest BCUT2D eigenvalue weighted by Crippen LogP contribution is 2.28. The van der Waals surface area contributed by atoms with Crippen LogP contribution in [0.15, 0.2) is 24.3 Å². The van der Waals surface area contributed by atoms with Gasteiger partial charge in [0.15, 0.2) is 0 Å². The topological polar surface area (TPSA) is 52.6 Å². The maximum absolute atomic E-state index is 11.8. The predicted molar refractivity (Wildman–Crippen MR) is 67.3 cm³/mol. The second-order valence-corrected chi connectivity index (χ2v) is 4.62. The highest BCUT2D eigenvalue weighted by atomic mass is 35.5. The third-order valence-electron chi connectivity index (χ3n) is 2.87. The number of aliphatic hydroxyl groups is 1. The van der Waals surface area contributed by atoms with Gasteiger partial charge in [0.1, 0.15) is 6.04 Å². The molecule has 2 rings (SSSR count). The Hall–Kier alpha value is -1.26. The van der Waals surface area contributed by atoms with E-state index in [9.17, 15) is 9.90 Å². The van der Waals surface area contributed by atoms with Crippen LogP contribution < -0.4 is 10.2 Å². The molecule has 0 aromatic heterocycles. The molecule has 1 aliphatic rings. The molecule has 1 heterocycles. The van der Waals surface area contributed by atoms with Gasteiger partial charge in [-0.25, -0.2) is 0 Å². The number of rotatable bonds is 2. The van der Waals surface area contributed by atoms with Gasteiger partial charge in [-0.15, -0.1) is 0 Å². The van der Waals surface area contributed by atoms with Crippen molar-refractivity contribution in [3.05, 3.63) is 29.3 Å². The molecule has 0 spiro atoms. The molecule has 1 aromatic rings. The van der Waals surface area contributed by atoms with Crippen LogP contribution in [0.5, 0.6) is 0 Å². The molecule has 1 saturated heterocycles. The van der Waals surface area contributed by atoms with Crippen molar-refractivity contribution in [1.82, 2.24) is 5.32 Å². The summed E-state index contributed by atoms with van der Waals surface area (Å²) in [6.07, 6.45) is 0. The molecule has 92 valence electrons. The third kappa shape index (κ3) is 2.37. The van der Waals surface area contributed by atoms with E-state index >= 15 is 0 Å². The molecule has 1 amide bonds.